The van der Waals surface area contributed by atoms with Gasteiger partial charge in [-0.05, 0) is 6.42 Å². The molecule has 48 valence electrons. The fourth-order valence-electron chi connectivity index (χ4n) is 0.234. The van der Waals surface area contributed by atoms with E-state index in [0.717, 1.165) is 0 Å². The predicted octanol–water partition coefficient (Wildman–Crippen LogP) is 0.455. The van der Waals surface area contributed by atoms with Crippen molar-refractivity contribution in [2.45, 2.75) is 19.4 Å². The van der Waals surface area contributed by atoms with Gasteiger partial charge in [-0.25, -0.2) is 0 Å². The van der Waals surface area contributed by atoms with Crippen LogP contribution in [-0.4, -0.2) is 17.8 Å². The number of aliphatic hydroxyl groups excluding tert-OH is 1. The zero-order valence-electron chi connectivity index (χ0n) is 4.70. The van der Waals surface area contributed by atoms with Crippen molar-refractivity contribution in [3.63, 3.8) is 0 Å². The Bertz CT molecular complexity index is 66.3. The first-order chi connectivity index (χ1) is 3.81. The van der Waals surface area contributed by atoms with Crippen molar-refractivity contribution >= 4 is 0 Å². The third-order valence-electron chi connectivity index (χ3n) is 0.791. The number of aliphatic hydroxyl groups is 1. The highest BCUT2D eigenvalue weighted by Crippen LogP contribution is 1.89. The van der Waals surface area contributed by atoms with Crippen LogP contribution >= 0.6 is 0 Å². The zero-order chi connectivity index (χ0) is 6.41. The van der Waals surface area contributed by atoms with Gasteiger partial charge in [0.1, 0.15) is 6.61 Å². The smallest absolute Gasteiger partial charge is 0.155 e. The van der Waals surface area contributed by atoms with Crippen LogP contribution < -0.4 is 0 Å². The molecule has 0 spiro atoms. The van der Waals surface area contributed by atoms with E-state index in [1.807, 2.05) is 0 Å². The summed E-state index contributed by atoms with van der Waals surface area (Å²) >= 11 is 0. The average molecular weight is 119 g/mol. The molecule has 1 unspecified atom stereocenters. The summed E-state index contributed by atoms with van der Waals surface area (Å²) < 4.78 is 0. The molecule has 1 N–H and O–H groups in total. The molecule has 1 atom stereocenters. The van der Waals surface area contributed by atoms with Crippen LogP contribution in [0.4, 0.5) is 0 Å². The second-order valence-corrected chi connectivity index (χ2v) is 1.43. The molecule has 0 aliphatic rings. The van der Waals surface area contributed by atoms with Gasteiger partial charge in [-0.1, -0.05) is 6.92 Å². The molecule has 0 amide bonds. The van der Waals surface area contributed by atoms with Crippen molar-refractivity contribution in [2.24, 2.45) is 5.34 Å². The highest BCUT2D eigenvalue weighted by Gasteiger charge is 1.98. The van der Waals surface area contributed by atoms with Crippen molar-refractivity contribution in [3.8, 4) is 0 Å². The van der Waals surface area contributed by atoms with Gasteiger partial charge in [-0.3, -0.25) is 0 Å². The summed E-state index contributed by atoms with van der Waals surface area (Å²) in [4.78, 5) is 13.2. The molecule has 0 aliphatic carbocycles. The molecule has 0 aliphatic heterocycles. The van der Waals surface area contributed by atoms with Crippen molar-refractivity contribution in [2.75, 3.05) is 6.61 Å². The first-order valence-electron chi connectivity index (χ1n) is 2.44. The molecule has 0 aromatic heterocycles. The topological polar surface area (TPSA) is 58.9 Å². The lowest BCUT2D eigenvalue weighted by molar-refractivity contribution is 0.0360. The Labute approximate surface area is 47.4 Å². The summed E-state index contributed by atoms with van der Waals surface area (Å²) in [5, 5.41) is 10.8. The van der Waals surface area contributed by atoms with Gasteiger partial charge in [0.15, 0.2) is 5.34 Å². The van der Waals surface area contributed by atoms with Crippen molar-refractivity contribution in [3.05, 3.63) is 4.91 Å². The minimum atomic E-state index is -0.562. The molecular formula is C4H9NO3. The standard InChI is InChI=1S/C4H9NO3/c1-2-4(6)3-8-5-7/h4,6H,2-3H2,1H3. The van der Waals surface area contributed by atoms with Crippen LogP contribution in [0, 0.1) is 4.91 Å². The Hall–Kier alpha value is -0.640. The van der Waals surface area contributed by atoms with Gasteiger partial charge in [-0.2, -0.15) is 0 Å². The van der Waals surface area contributed by atoms with Crippen molar-refractivity contribution in [1.29, 1.82) is 0 Å². The van der Waals surface area contributed by atoms with E-state index in [0.29, 0.717) is 6.42 Å². The molecule has 0 saturated heterocycles. The summed E-state index contributed by atoms with van der Waals surface area (Å²) in [6.07, 6.45) is 0.0166. The summed E-state index contributed by atoms with van der Waals surface area (Å²) in [6.45, 7) is 1.79. The summed E-state index contributed by atoms with van der Waals surface area (Å²) in [7, 11) is 0. The van der Waals surface area contributed by atoms with Gasteiger partial charge >= 0.3 is 0 Å². The minimum absolute atomic E-state index is 0. The van der Waals surface area contributed by atoms with Crippen molar-refractivity contribution < 1.29 is 9.94 Å². The molecule has 0 saturated carbocycles. The molecule has 0 fully saturated rings. The van der Waals surface area contributed by atoms with Crippen LogP contribution in [0.15, 0.2) is 5.34 Å². The zero-order valence-corrected chi connectivity index (χ0v) is 4.70. The molecular weight excluding hydrogens is 110 g/mol. The first kappa shape index (κ1) is 7.36. The molecule has 0 heterocycles. The van der Waals surface area contributed by atoms with E-state index in [4.69, 9.17) is 5.11 Å². The fourth-order valence-corrected chi connectivity index (χ4v) is 0.234. The Kier molecular flexibility index (Phi) is 4.16. The molecule has 0 aromatic rings. The van der Waals surface area contributed by atoms with Crippen LogP contribution in [0.5, 0.6) is 0 Å². The van der Waals surface area contributed by atoms with Gasteiger partial charge in [-0.15, -0.1) is 4.91 Å². The maximum atomic E-state index is 9.24. The Morgan fingerprint density at radius 1 is 1.88 bits per heavy atom. The highest BCUT2D eigenvalue weighted by atomic mass is 16.7. The van der Waals surface area contributed by atoms with E-state index in [1.54, 1.807) is 6.92 Å². The van der Waals surface area contributed by atoms with Crippen LogP contribution in [0.3, 0.4) is 0 Å². The van der Waals surface area contributed by atoms with Gasteiger partial charge in [0.25, 0.3) is 0 Å². The second-order valence-electron chi connectivity index (χ2n) is 1.43. The normalized spacial score (nSPS) is 12.8. The molecule has 4 nitrogen and oxygen atoms in total. The third kappa shape index (κ3) is 3.55. The maximum Gasteiger partial charge on any atom is 0.155 e. The van der Waals surface area contributed by atoms with E-state index < -0.39 is 6.10 Å². The quantitative estimate of drug-likeness (QED) is 0.432. The SMILES string of the molecule is CCC(O)CON=O. The Morgan fingerprint density at radius 2 is 2.50 bits per heavy atom. The van der Waals surface area contributed by atoms with Gasteiger partial charge in [0, 0.05) is 0 Å². The number of nitrogens with zero attached hydrogens (tertiary/aromatic N) is 1. The predicted molar refractivity (Wildman–Crippen MR) is 28.0 cm³/mol. The minimum Gasteiger partial charge on any atom is -0.389 e. The molecule has 4 heteroatoms. The lowest BCUT2D eigenvalue weighted by Gasteiger charge is -2.01. The van der Waals surface area contributed by atoms with Crippen LogP contribution in [-0.2, 0) is 4.84 Å². The monoisotopic (exact) mass is 119 g/mol. The molecule has 0 bridgehead atoms. The van der Waals surface area contributed by atoms with Gasteiger partial charge in [0.2, 0.25) is 0 Å². The largest absolute Gasteiger partial charge is 0.389 e. The lowest BCUT2D eigenvalue weighted by Crippen LogP contribution is -2.10. The van der Waals surface area contributed by atoms with E-state index in [-0.39, 0.29) is 6.61 Å². The fraction of sp³-hybridized carbons (Fsp3) is 1.00. The van der Waals surface area contributed by atoms with Gasteiger partial charge < -0.3 is 9.94 Å². The highest BCUT2D eigenvalue weighted by molar-refractivity contribution is 4.46. The Balaban J connectivity index is 2.97. The van der Waals surface area contributed by atoms with E-state index in [1.165, 1.54) is 0 Å². The molecule has 0 rings (SSSR count). The van der Waals surface area contributed by atoms with Crippen LogP contribution in [0.25, 0.3) is 0 Å². The van der Waals surface area contributed by atoms with Crippen molar-refractivity contribution in [1.82, 2.24) is 0 Å². The molecule has 0 radical (unpaired) electrons. The summed E-state index contributed by atoms with van der Waals surface area (Å²) in [6, 6.07) is 0. The summed E-state index contributed by atoms with van der Waals surface area (Å²) in [5.41, 5.74) is 0. The first-order valence-corrected chi connectivity index (χ1v) is 2.44. The second kappa shape index (κ2) is 4.52. The number of rotatable bonds is 4. The molecule has 0 aromatic carbocycles. The maximum absolute atomic E-state index is 9.24. The average Bonchev–Trinajstić information content (AvgIpc) is 1.83. The summed E-state index contributed by atoms with van der Waals surface area (Å²) in [5.74, 6) is 0. The van der Waals surface area contributed by atoms with Crippen LogP contribution in [0.1, 0.15) is 13.3 Å². The Morgan fingerprint density at radius 3 is 2.88 bits per heavy atom. The van der Waals surface area contributed by atoms with E-state index >= 15 is 0 Å². The third-order valence-corrected chi connectivity index (χ3v) is 0.791. The molecule has 8 heavy (non-hydrogen) atoms. The van der Waals surface area contributed by atoms with E-state index in [2.05, 4.69) is 10.2 Å². The van der Waals surface area contributed by atoms with Gasteiger partial charge in [0.05, 0.1) is 6.10 Å². The number of hydrogen-bond donors (Lipinski definition) is 1. The van der Waals surface area contributed by atoms with Crippen LogP contribution in [0.2, 0.25) is 0 Å². The van der Waals surface area contributed by atoms with E-state index in [9.17, 15) is 4.91 Å². The number of hydrogen-bond acceptors (Lipinski definition) is 4. The lowest BCUT2D eigenvalue weighted by atomic mass is 10.3.